The number of unbranched alkanes of at least 4 members (excludes halogenated alkanes) is 1. The highest BCUT2D eigenvalue weighted by molar-refractivity contribution is 6.18. The highest BCUT2D eigenvalue weighted by Gasteiger charge is 2.26. The van der Waals surface area contributed by atoms with Gasteiger partial charge in [0.25, 0.3) is 0 Å². The van der Waals surface area contributed by atoms with Crippen LogP contribution in [-0.2, 0) is 13.5 Å². The van der Waals surface area contributed by atoms with E-state index in [1.165, 1.54) is 31.5 Å². The van der Waals surface area contributed by atoms with Gasteiger partial charge < -0.3 is 4.57 Å². The van der Waals surface area contributed by atoms with Gasteiger partial charge in [-0.15, -0.1) is 11.6 Å². The second-order valence-electron chi connectivity index (χ2n) is 5.05. The number of alkyl halides is 1. The first-order chi connectivity index (χ1) is 8.17. The lowest BCUT2D eigenvalue weighted by Crippen LogP contribution is -2.23. The van der Waals surface area contributed by atoms with Gasteiger partial charge in [0.15, 0.2) is 0 Å². The van der Waals surface area contributed by atoms with Crippen LogP contribution in [-0.4, -0.2) is 15.4 Å². The van der Waals surface area contributed by atoms with E-state index in [9.17, 15) is 0 Å². The minimum Gasteiger partial charge on any atom is -0.338 e. The molecule has 98 valence electrons. The molecule has 0 aromatic carbocycles. The zero-order valence-corrected chi connectivity index (χ0v) is 12.1. The summed E-state index contributed by atoms with van der Waals surface area (Å²) in [5, 5.41) is 0. The number of nitrogens with zero attached hydrogens (tertiary/aromatic N) is 2. The van der Waals surface area contributed by atoms with Gasteiger partial charge >= 0.3 is 0 Å². The Labute approximate surface area is 110 Å². The minimum atomic E-state index is 0.309. The lowest BCUT2D eigenvalue weighted by molar-refractivity contribution is 0.256. The van der Waals surface area contributed by atoms with Gasteiger partial charge in [0.2, 0.25) is 0 Å². The molecule has 0 aliphatic carbocycles. The Morgan fingerprint density at radius 2 is 2.12 bits per heavy atom. The van der Waals surface area contributed by atoms with Crippen LogP contribution in [0, 0.1) is 5.41 Å². The fraction of sp³-hybridized carbons (Fsp3) is 0.786. The highest BCUT2D eigenvalue weighted by atomic mass is 35.5. The number of imidazole rings is 1. The summed E-state index contributed by atoms with van der Waals surface area (Å²) in [5.74, 6) is 1.94. The average molecular weight is 257 g/mol. The molecular weight excluding hydrogens is 232 g/mol. The van der Waals surface area contributed by atoms with Crippen molar-refractivity contribution in [3.63, 3.8) is 0 Å². The van der Waals surface area contributed by atoms with Crippen molar-refractivity contribution in [3.8, 4) is 0 Å². The second-order valence-corrected chi connectivity index (χ2v) is 5.31. The molecule has 0 saturated carbocycles. The summed E-state index contributed by atoms with van der Waals surface area (Å²) in [6.45, 7) is 4.50. The smallest absolute Gasteiger partial charge is 0.108 e. The fourth-order valence-electron chi connectivity index (χ4n) is 2.27. The van der Waals surface area contributed by atoms with Crippen LogP contribution in [0.25, 0.3) is 0 Å². The van der Waals surface area contributed by atoms with E-state index in [-0.39, 0.29) is 0 Å². The summed E-state index contributed by atoms with van der Waals surface area (Å²) in [4.78, 5) is 4.39. The van der Waals surface area contributed by atoms with E-state index < -0.39 is 0 Å². The van der Waals surface area contributed by atoms with Crippen LogP contribution < -0.4 is 0 Å². The van der Waals surface area contributed by atoms with Crippen LogP contribution in [0.1, 0.15) is 51.8 Å². The van der Waals surface area contributed by atoms with Crippen molar-refractivity contribution in [1.82, 2.24) is 9.55 Å². The third-order valence-electron chi connectivity index (χ3n) is 3.89. The molecule has 0 fully saturated rings. The molecule has 2 nitrogen and oxygen atoms in total. The lowest BCUT2D eigenvalue weighted by Gasteiger charge is -2.30. The Bertz CT molecular complexity index is 316. The first kappa shape index (κ1) is 14.6. The van der Waals surface area contributed by atoms with E-state index in [0.29, 0.717) is 5.41 Å². The zero-order chi connectivity index (χ0) is 12.7. The van der Waals surface area contributed by atoms with Gasteiger partial charge in [-0.05, 0) is 24.7 Å². The quantitative estimate of drug-likeness (QED) is 0.638. The van der Waals surface area contributed by atoms with Gasteiger partial charge in [0.1, 0.15) is 5.82 Å². The third-order valence-corrected chi connectivity index (χ3v) is 4.46. The molecule has 1 unspecified atom stereocenters. The molecule has 1 heterocycles. The van der Waals surface area contributed by atoms with Gasteiger partial charge in [0, 0.05) is 31.7 Å². The van der Waals surface area contributed by atoms with Gasteiger partial charge in [-0.1, -0.05) is 26.7 Å². The predicted molar refractivity (Wildman–Crippen MR) is 74.5 cm³/mol. The van der Waals surface area contributed by atoms with E-state index in [1.807, 2.05) is 12.4 Å². The van der Waals surface area contributed by atoms with E-state index in [4.69, 9.17) is 11.6 Å². The van der Waals surface area contributed by atoms with Crippen LogP contribution in [0.5, 0.6) is 0 Å². The molecule has 0 saturated heterocycles. The molecule has 1 aromatic heterocycles. The Hall–Kier alpha value is -0.500. The Balaban J connectivity index is 2.57. The first-order valence-corrected chi connectivity index (χ1v) is 7.23. The molecule has 0 spiro atoms. The first-order valence-electron chi connectivity index (χ1n) is 6.69. The van der Waals surface area contributed by atoms with Crippen LogP contribution in [0.4, 0.5) is 0 Å². The predicted octanol–water partition coefficient (Wildman–Crippen LogP) is 4.18. The van der Waals surface area contributed by atoms with Crippen molar-refractivity contribution in [3.05, 3.63) is 18.2 Å². The monoisotopic (exact) mass is 256 g/mol. The maximum atomic E-state index is 6.21. The Kier molecular flexibility index (Phi) is 6.04. The normalized spacial score (nSPS) is 14.8. The van der Waals surface area contributed by atoms with Crippen molar-refractivity contribution in [1.29, 1.82) is 0 Å². The van der Waals surface area contributed by atoms with Crippen molar-refractivity contribution in [2.24, 2.45) is 12.5 Å². The average Bonchev–Trinajstić information content (AvgIpc) is 2.76. The number of hydrogen-bond donors (Lipinski definition) is 0. The molecule has 0 N–H and O–H groups in total. The Morgan fingerprint density at radius 1 is 1.35 bits per heavy atom. The molecule has 0 aliphatic heterocycles. The molecule has 17 heavy (non-hydrogen) atoms. The van der Waals surface area contributed by atoms with Crippen molar-refractivity contribution < 1.29 is 0 Å². The van der Waals surface area contributed by atoms with Gasteiger partial charge in [0.05, 0.1) is 0 Å². The molecule has 3 heteroatoms. The maximum absolute atomic E-state index is 6.21. The van der Waals surface area contributed by atoms with Crippen molar-refractivity contribution in [2.75, 3.05) is 5.88 Å². The van der Waals surface area contributed by atoms with E-state index in [0.717, 1.165) is 18.7 Å². The third kappa shape index (κ3) is 4.02. The van der Waals surface area contributed by atoms with Crippen LogP contribution in [0.15, 0.2) is 12.4 Å². The maximum Gasteiger partial charge on any atom is 0.108 e. The summed E-state index contributed by atoms with van der Waals surface area (Å²) in [7, 11) is 2.06. The lowest BCUT2D eigenvalue weighted by atomic mass is 9.78. The Morgan fingerprint density at radius 3 is 2.59 bits per heavy atom. The summed E-state index contributed by atoms with van der Waals surface area (Å²) in [6.07, 6.45) is 11.0. The molecule has 1 rings (SSSR count). The van der Waals surface area contributed by atoms with Gasteiger partial charge in [-0.3, -0.25) is 0 Å². The van der Waals surface area contributed by atoms with E-state index in [2.05, 4.69) is 30.4 Å². The summed E-state index contributed by atoms with van der Waals surface area (Å²) in [5.41, 5.74) is 0.309. The number of aromatic nitrogens is 2. The zero-order valence-electron chi connectivity index (χ0n) is 11.4. The molecule has 0 amide bonds. The standard InChI is InChI=1S/C14H25ClN2/c1-4-6-8-14(5-2,12-15)9-7-13-16-10-11-17(13)3/h10-11H,4-9,12H2,1-3H3. The number of halogens is 1. The van der Waals surface area contributed by atoms with Gasteiger partial charge in [-0.25, -0.2) is 4.98 Å². The van der Waals surface area contributed by atoms with Crippen LogP contribution in [0.2, 0.25) is 0 Å². The van der Waals surface area contributed by atoms with Gasteiger partial charge in [-0.2, -0.15) is 0 Å². The minimum absolute atomic E-state index is 0.309. The molecule has 0 aliphatic rings. The number of rotatable bonds is 8. The number of hydrogen-bond acceptors (Lipinski definition) is 1. The highest BCUT2D eigenvalue weighted by Crippen LogP contribution is 2.35. The molecule has 1 aromatic rings. The molecular formula is C14H25ClN2. The second kappa shape index (κ2) is 7.05. The summed E-state index contributed by atoms with van der Waals surface area (Å²) < 4.78 is 2.11. The topological polar surface area (TPSA) is 17.8 Å². The van der Waals surface area contributed by atoms with Crippen molar-refractivity contribution in [2.45, 2.75) is 52.4 Å². The molecule has 0 bridgehead atoms. The summed E-state index contributed by atoms with van der Waals surface area (Å²) in [6, 6.07) is 0. The van der Waals surface area contributed by atoms with E-state index >= 15 is 0 Å². The van der Waals surface area contributed by atoms with Crippen molar-refractivity contribution >= 4 is 11.6 Å². The van der Waals surface area contributed by atoms with Crippen LogP contribution in [0.3, 0.4) is 0 Å². The molecule has 1 atom stereocenters. The van der Waals surface area contributed by atoms with Crippen LogP contribution >= 0.6 is 11.6 Å². The summed E-state index contributed by atoms with van der Waals surface area (Å²) >= 11 is 6.21. The van der Waals surface area contributed by atoms with E-state index in [1.54, 1.807) is 0 Å². The number of aryl methyl sites for hydroxylation is 2. The fourth-order valence-corrected chi connectivity index (χ4v) is 2.73. The largest absolute Gasteiger partial charge is 0.338 e. The SMILES string of the molecule is CCCCC(CC)(CCl)CCc1nccn1C. The molecule has 0 radical (unpaired) electrons.